The molecule has 1 aromatic rings. The Balaban J connectivity index is 2.07. The quantitative estimate of drug-likeness (QED) is 0.515. The third kappa shape index (κ3) is 3.13. The Morgan fingerprint density at radius 3 is 2.81 bits per heavy atom. The molecule has 0 heterocycles. The summed E-state index contributed by atoms with van der Waals surface area (Å²) in [6, 6.07) is 4.43. The Kier molecular flexibility index (Phi) is 4.13. The molecular formula is C14H18N2O5. The van der Waals surface area contributed by atoms with Crippen molar-refractivity contribution >= 4 is 11.7 Å². The molecule has 2 rings (SSSR count). The van der Waals surface area contributed by atoms with Gasteiger partial charge < -0.3 is 15.2 Å². The van der Waals surface area contributed by atoms with Crippen LogP contribution in [0.3, 0.4) is 0 Å². The first-order chi connectivity index (χ1) is 9.85. The lowest BCUT2D eigenvalue weighted by molar-refractivity contribution is -0.384. The second-order valence-electron chi connectivity index (χ2n) is 5.34. The fourth-order valence-electron chi connectivity index (χ4n) is 2.58. The third-order valence-electron chi connectivity index (χ3n) is 3.76. The van der Waals surface area contributed by atoms with Crippen LogP contribution in [0, 0.1) is 17.0 Å². The van der Waals surface area contributed by atoms with Crippen molar-refractivity contribution in [2.24, 2.45) is 5.73 Å². The average molecular weight is 294 g/mol. The molecule has 0 spiro atoms. The summed E-state index contributed by atoms with van der Waals surface area (Å²) in [7, 11) is 1.31. The predicted molar refractivity (Wildman–Crippen MR) is 75.0 cm³/mol. The van der Waals surface area contributed by atoms with Crippen LogP contribution >= 0.6 is 0 Å². The molecule has 7 nitrogen and oxygen atoms in total. The van der Waals surface area contributed by atoms with Gasteiger partial charge in [0.15, 0.2) is 0 Å². The SMILES string of the molecule is COC(=O)C1(N)CCC(Oc2ccc([N+](=O)[O-])cc2C)C1. The third-order valence-corrected chi connectivity index (χ3v) is 3.76. The molecule has 2 unspecified atom stereocenters. The van der Waals surface area contributed by atoms with Crippen molar-refractivity contribution < 1.29 is 19.2 Å². The highest BCUT2D eigenvalue weighted by Crippen LogP contribution is 2.33. The van der Waals surface area contributed by atoms with Gasteiger partial charge in [-0.3, -0.25) is 14.9 Å². The Morgan fingerprint density at radius 1 is 1.52 bits per heavy atom. The van der Waals surface area contributed by atoms with Gasteiger partial charge in [0, 0.05) is 18.6 Å². The number of non-ortho nitro benzene ring substituents is 1. The van der Waals surface area contributed by atoms with Crippen molar-refractivity contribution in [2.75, 3.05) is 7.11 Å². The zero-order chi connectivity index (χ0) is 15.6. The van der Waals surface area contributed by atoms with Crippen LogP contribution in [0.5, 0.6) is 5.75 Å². The van der Waals surface area contributed by atoms with E-state index in [-0.39, 0.29) is 11.8 Å². The van der Waals surface area contributed by atoms with E-state index >= 15 is 0 Å². The molecule has 21 heavy (non-hydrogen) atoms. The van der Waals surface area contributed by atoms with Crippen molar-refractivity contribution in [3.8, 4) is 5.75 Å². The fourth-order valence-corrected chi connectivity index (χ4v) is 2.58. The summed E-state index contributed by atoms with van der Waals surface area (Å²) in [6.07, 6.45) is 1.31. The number of esters is 1. The molecule has 0 aliphatic heterocycles. The number of rotatable bonds is 4. The number of nitrogens with two attached hydrogens (primary N) is 1. The van der Waals surface area contributed by atoms with Crippen molar-refractivity contribution in [2.45, 2.75) is 37.8 Å². The van der Waals surface area contributed by atoms with Gasteiger partial charge in [0.1, 0.15) is 17.4 Å². The molecule has 0 radical (unpaired) electrons. The zero-order valence-corrected chi connectivity index (χ0v) is 12.0. The van der Waals surface area contributed by atoms with Crippen molar-refractivity contribution in [3.63, 3.8) is 0 Å². The first-order valence-electron chi connectivity index (χ1n) is 6.65. The Morgan fingerprint density at radius 2 is 2.24 bits per heavy atom. The number of nitro groups is 1. The number of nitrogens with zero attached hydrogens (tertiary/aromatic N) is 1. The van der Waals surface area contributed by atoms with E-state index < -0.39 is 16.4 Å². The maximum atomic E-state index is 11.6. The normalized spacial score (nSPS) is 24.6. The van der Waals surface area contributed by atoms with Crippen LogP contribution in [0.15, 0.2) is 18.2 Å². The van der Waals surface area contributed by atoms with E-state index in [2.05, 4.69) is 0 Å². The number of carbonyl (C=O) groups is 1. The molecule has 1 fully saturated rings. The van der Waals surface area contributed by atoms with Crippen molar-refractivity contribution in [1.82, 2.24) is 0 Å². The Labute approximate surface area is 122 Å². The van der Waals surface area contributed by atoms with Crippen LogP contribution < -0.4 is 10.5 Å². The van der Waals surface area contributed by atoms with E-state index in [1.54, 1.807) is 13.0 Å². The predicted octanol–water partition coefficient (Wildman–Crippen LogP) is 1.71. The van der Waals surface area contributed by atoms with Crippen LogP contribution in [0.2, 0.25) is 0 Å². The van der Waals surface area contributed by atoms with Gasteiger partial charge in [-0.05, 0) is 31.4 Å². The molecule has 0 bridgehead atoms. The molecule has 2 N–H and O–H groups in total. The van der Waals surface area contributed by atoms with Crippen LogP contribution in [-0.4, -0.2) is 29.6 Å². The molecule has 0 aromatic heterocycles. The highest BCUT2D eigenvalue weighted by Gasteiger charge is 2.44. The van der Waals surface area contributed by atoms with Gasteiger partial charge in [0.05, 0.1) is 12.0 Å². The summed E-state index contributed by atoms with van der Waals surface area (Å²) >= 11 is 0. The Bertz CT molecular complexity index is 574. The average Bonchev–Trinajstić information content (AvgIpc) is 2.82. The summed E-state index contributed by atoms with van der Waals surface area (Å²) in [6.45, 7) is 1.74. The number of aryl methyl sites for hydroxylation is 1. The summed E-state index contributed by atoms with van der Waals surface area (Å²) in [5, 5.41) is 10.7. The molecule has 114 valence electrons. The highest BCUT2D eigenvalue weighted by atomic mass is 16.6. The van der Waals surface area contributed by atoms with E-state index in [4.69, 9.17) is 15.2 Å². The molecule has 1 aliphatic rings. The smallest absolute Gasteiger partial charge is 0.325 e. The van der Waals surface area contributed by atoms with Gasteiger partial charge in [0.25, 0.3) is 5.69 Å². The minimum atomic E-state index is -1.01. The maximum absolute atomic E-state index is 11.6. The van der Waals surface area contributed by atoms with Crippen molar-refractivity contribution in [1.29, 1.82) is 0 Å². The number of methoxy groups -OCH3 is 1. The number of benzene rings is 1. The molecule has 2 atom stereocenters. The zero-order valence-electron chi connectivity index (χ0n) is 12.0. The van der Waals surface area contributed by atoms with Crippen LogP contribution in [-0.2, 0) is 9.53 Å². The van der Waals surface area contributed by atoms with E-state index in [9.17, 15) is 14.9 Å². The minimum absolute atomic E-state index is 0.0222. The van der Waals surface area contributed by atoms with Crippen LogP contribution in [0.25, 0.3) is 0 Å². The molecule has 1 aliphatic carbocycles. The number of hydrogen-bond acceptors (Lipinski definition) is 6. The monoisotopic (exact) mass is 294 g/mol. The van der Waals surface area contributed by atoms with Gasteiger partial charge in [-0.15, -0.1) is 0 Å². The van der Waals surface area contributed by atoms with Gasteiger partial charge in [-0.1, -0.05) is 0 Å². The summed E-state index contributed by atoms with van der Waals surface area (Å²) in [5.74, 6) is 0.133. The maximum Gasteiger partial charge on any atom is 0.325 e. The Hall–Kier alpha value is -2.15. The van der Waals surface area contributed by atoms with Gasteiger partial charge in [-0.2, -0.15) is 0 Å². The van der Waals surface area contributed by atoms with E-state index in [1.807, 2.05) is 0 Å². The van der Waals surface area contributed by atoms with Crippen molar-refractivity contribution in [3.05, 3.63) is 33.9 Å². The highest BCUT2D eigenvalue weighted by molar-refractivity contribution is 5.80. The molecule has 0 saturated heterocycles. The van der Waals surface area contributed by atoms with E-state index in [0.717, 1.165) is 0 Å². The lowest BCUT2D eigenvalue weighted by atomic mass is 10.00. The van der Waals surface area contributed by atoms with Gasteiger partial charge in [0.2, 0.25) is 0 Å². The number of carbonyl (C=O) groups excluding carboxylic acids is 1. The van der Waals surface area contributed by atoms with Gasteiger partial charge in [-0.25, -0.2) is 0 Å². The molecule has 0 amide bonds. The summed E-state index contributed by atoms with van der Waals surface area (Å²) in [4.78, 5) is 21.9. The first-order valence-corrected chi connectivity index (χ1v) is 6.65. The van der Waals surface area contributed by atoms with Crippen LogP contribution in [0.1, 0.15) is 24.8 Å². The molecular weight excluding hydrogens is 276 g/mol. The van der Waals surface area contributed by atoms with Crippen LogP contribution in [0.4, 0.5) is 5.69 Å². The lowest BCUT2D eigenvalue weighted by Crippen LogP contribution is -2.47. The fraction of sp³-hybridized carbons (Fsp3) is 0.500. The minimum Gasteiger partial charge on any atom is -0.490 e. The summed E-state index contributed by atoms with van der Waals surface area (Å²) < 4.78 is 10.5. The largest absolute Gasteiger partial charge is 0.490 e. The number of nitro benzene ring substituents is 1. The lowest BCUT2D eigenvalue weighted by Gasteiger charge is -2.21. The number of hydrogen-bond donors (Lipinski definition) is 1. The molecule has 7 heteroatoms. The number of ether oxygens (including phenoxy) is 2. The second-order valence-corrected chi connectivity index (χ2v) is 5.34. The van der Waals surface area contributed by atoms with Gasteiger partial charge >= 0.3 is 5.97 Å². The van der Waals surface area contributed by atoms with E-state index in [0.29, 0.717) is 30.6 Å². The summed E-state index contributed by atoms with van der Waals surface area (Å²) in [5.41, 5.74) is 5.71. The standard InChI is InChI=1S/C14H18N2O5/c1-9-7-10(16(18)19)3-4-12(9)21-11-5-6-14(15,8-11)13(17)20-2/h3-4,7,11H,5-6,8,15H2,1-2H3. The topological polar surface area (TPSA) is 105 Å². The molecule has 1 saturated carbocycles. The van der Waals surface area contributed by atoms with E-state index in [1.165, 1.54) is 19.2 Å². The first kappa shape index (κ1) is 15.2. The second kappa shape index (κ2) is 5.69. The molecule has 1 aromatic carbocycles.